The van der Waals surface area contributed by atoms with Gasteiger partial charge in [-0.15, -0.1) is 0 Å². The van der Waals surface area contributed by atoms with E-state index in [4.69, 9.17) is 0 Å². The molecule has 0 fully saturated rings. The molecule has 0 saturated heterocycles. The number of likely N-dealkylation sites (N-methyl/N-ethyl adjacent to an activating group) is 2. The average molecular weight is 256 g/mol. The van der Waals surface area contributed by atoms with Crippen LogP contribution in [0.4, 0.5) is 0 Å². The fourth-order valence-corrected chi connectivity index (χ4v) is 2.51. The lowest BCUT2D eigenvalue weighted by Gasteiger charge is -2.19. The first-order valence-electron chi connectivity index (χ1n) is 5.52. The van der Waals surface area contributed by atoms with E-state index >= 15 is 0 Å². The van der Waals surface area contributed by atoms with Crippen LogP contribution < -0.4 is 0 Å². The van der Waals surface area contributed by atoms with Gasteiger partial charge in [-0.25, -0.2) is 8.42 Å². The van der Waals surface area contributed by atoms with Gasteiger partial charge in [-0.1, -0.05) is 17.7 Å². The highest BCUT2D eigenvalue weighted by Crippen LogP contribution is 2.14. The minimum absolute atomic E-state index is 0.351. The van der Waals surface area contributed by atoms with E-state index in [9.17, 15) is 8.42 Å². The Hall–Kier alpha value is -0.910. The van der Waals surface area contributed by atoms with Crippen LogP contribution in [0.2, 0.25) is 0 Å². The monoisotopic (exact) mass is 256 g/mol. The predicted molar refractivity (Wildman–Crippen MR) is 69.5 cm³/mol. The highest BCUT2D eigenvalue weighted by Gasteiger charge is 2.19. The highest BCUT2D eigenvalue weighted by molar-refractivity contribution is 7.89. The number of nitrogens with zero attached hydrogens (tertiary/aromatic N) is 2. The van der Waals surface area contributed by atoms with Crippen LogP contribution in [-0.2, 0) is 10.0 Å². The van der Waals surface area contributed by atoms with Crippen molar-refractivity contribution in [3.05, 3.63) is 29.8 Å². The molecule has 0 spiro atoms. The number of hydrogen-bond donors (Lipinski definition) is 0. The molecule has 0 radical (unpaired) electrons. The molecule has 0 unspecified atom stereocenters. The molecule has 0 aliphatic carbocycles. The number of aryl methyl sites for hydroxylation is 1. The molecule has 5 heteroatoms. The van der Waals surface area contributed by atoms with Crippen LogP contribution in [0.15, 0.2) is 29.2 Å². The predicted octanol–water partition coefficient (Wildman–Crippen LogP) is 1.18. The van der Waals surface area contributed by atoms with E-state index in [0.29, 0.717) is 18.0 Å². The Bertz CT molecular complexity index is 452. The summed E-state index contributed by atoms with van der Waals surface area (Å²) in [6.45, 7) is 3.14. The molecule has 1 aromatic carbocycles. The molecule has 0 aliphatic heterocycles. The van der Waals surface area contributed by atoms with Gasteiger partial charge in [0.2, 0.25) is 10.0 Å². The first-order chi connectivity index (χ1) is 7.84. The van der Waals surface area contributed by atoms with Gasteiger partial charge in [-0.05, 0) is 33.2 Å². The molecular formula is C12H20N2O2S. The lowest BCUT2D eigenvalue weighted by molar-refractivity contribution is 0.358. The van der Waals surface area contributed by atoms with Crippen LogP contribution in [0.3, 0.4) is 0 Å². The van der Waals surface area contributed by atoms with Crippen molar-refractivity contribution in [3.8, 4) is 0 Å². The normalized spacial score (nSPS) is 12.4. The van der Waals surface area contributed by atoms with Crippen LogP contribution in [0.25, 0.3) is 0 Å². The first kappa shape index (κ1) is 14.2. The third-order valence-corrected chi connectivity index (χ3v) is 4.46. The van der Waals surface area contributed by atoms with Gasteiger partial charge in [0.1, 0.15) is 0 Å². The topological polar surface area (TPSA) is 40.6 Å². The molecule has 0 amide bonds. The second-order valence-electron chi connectivity index (χ2n) is 4.44. The third-order valence-electron chi connectivity index (χ3n) is 2.59. The molecular weight excluding hydrogens is 236 g/mol. The Morgan fingerprint density at radius 1 is 1.00 bits per heavy atom. The van der Waals surface area contributed by atoms with Crippen LogP contribution >= 0.6 is 0 Å². The molecule has 0 heterocycles. The highest BCUT2D eigenvalue weighted by atomic mass is 32.2. The third kappa shape index (κ3) is 3.80. The Kier molecular flexibility index (Phi) is 4.68. The van der Waals surface area contributed by atoms with Gasteiger partial charge in [-0.2, -0.15) is 4.31 Å². The summed E-state index contributed by atoms with van der Waals surface area (Å²) in [5.41, 5.74) is 1.06. The zero-order valence-corrected chi connectivity index (χ0v) is 11.7. The summed E-state index contributed by atoms with van der Waals surface area (Å²) in [4.78, 5) is 2.31. The smallest absolute Gasteiger partial charge is 0.242 e. The van der Waals surface area contributed by atoms with E-state index in [2.05, 4.69) is 0 Å². The molecule has 1 aromatic rings. The molecule has 4 nitrogen and oxygen atoms in total. The molecule has 0 aromatic heterocycles. The van der Waals surface area contributed by atoms with Gasteiger partial charge >= 0.3 is 0 Å². The van der Waals surface area contributed by atoms with Gasteiger partial charge < -0.3 is 4.90 Å². The van der Waals surface area contributed by atoms with E-state index in [1.165, 1.54) is 4.31 Å². The summed E-state index contributed by atoms with van der Waals surface area (Å²) in [5.74, 6) is 0. The molecule has 0 aliphatic rings. The van der Waals surface area contributed by atoms with Gasteiger partial charge in [0.05, 0.1) is 4.90 Å². The van der Waals surface area contributed by atoms with Crippen molar-refractivity contribution in [2.24, 2.45) is 0 Å². The molecule has 1 rings (SSSR count). The summed E-state index contributed by atoms with van der Waals surface area (Å²) in [6, 6.07) is 6.92. The standard InChI is InChI=1S/C12H20N2O2S/c1-11-5-7-12(8-6-11)17(15,16)14(4)10-9-13(2)3/h5-8H,9-10H2,1-4H3. The van der Waals surface area contributed by atoms with Gasteiger partial charge in [0.25, 0.3) is 0 Å². The fraction of sp³-hybridized carbons (Fsp3) is 0.500. The largest absolute Gasteiger partial charge is 0.308 e. The minimum Gasteiger partial charge on any atom is -0.308 e. The van der Waals surface area contributed by atoms with E-state index in [-0.39, 0.29) is 0 Å². The zero-order chi connectivity index (χ0) is 13.1. The average Bonchev–Trinajstić information content (AvgIpc) is 2.26. The van der Waals surface area contributed by atoms with Crippen molar-refractivity contribution >= 4 is 10.0 Å². The van der Waals surface area contributed by atoms with E-state index < -0.39 is 10.0 Å². The van der Waals surface area contributed by atoms with Crippen molar-refractivity contribution < 1.29 is 8.42 Å². The summed E-state index contributed by atoms with van der Waals surface area (Å²) in [5, 5.41) is 0. The van der Waals surface area contributed by atoms with Gasteiger partial charge in [0, 0.05) is 20.1 Å². The maximum Gasteiger partial charge on any atom is 0.242 e. The maximum atomic E-state index is 12.2. The fourth-order valence-electron chi connectivity index (χ4n) is 1.35. The Labute approximate surface area is 104 Å². The zero-order valence-electron chi connectivity index (χ0n) is 10.8. The number of sulfonamides is 1. The van der Waals surface area contributed by atoms with E-state index in [0.717, 1.165) is 5.56 Å². The number of benzene rings is 1. The molecule has 0 atom stereocenters. The summed E-state index contributed by atoms with van der Waals surface area (Å²) in [7, 11) is 2.11. The van der Waals surface area contributed by atoms with Crippen LogP contribution in [0, 0.1) is 6.92 Å². The van der Waals surface area contributed by atoms with Crippen molar-refractivity contribution in [3.63, 3.8) is 0 Å². The first-order valence-corrected chi connectivity index (χ1v) is 6.96. The molecule has 17 heavy (non-hydrogen) atoms. The molecule has 0 bridgehead atoms. The van der Waals surface area contributed by atoms with Gasteiger partial charge in [-0.3, -0.25) is 0 Å². The summed E-state index contributed by atoms with van der Waals surface area (Å²) in [6.07, 6.45) is 0. The van der Waals surface area contributed by atoms with Crippen molar-refractivity contribution in [1.29, 1.82) is 0 Å². The van der Waals surface area contributed by atoms with Crippen molar-refractivity contribution in [2.75, 3.05) is 34.2 Å². The van der Waals surface area contributed by atoms with E-state index in [1.807, 2.05) is 38.1 Å². The molecule has 0 saturated carbocycles. The second kappa shape index (κ2) is 5.62. The SMILES string of the molecule is Cc1ccc(S(=O)(=O)N(C)CCN(C)C)cc1. The summed E-state index contributed by atoms with van der Waals surface area (Å²) < 4.78 is 25.7. The van der Waals surface area contributed by atoms with Crippen molar-refractivity contribution in [2.45, 2.75) is 11.8 Å². The molecule has 0 N–H and O–H groups in total. The lowest BCUT2D eigenvalue weighted by atomic mass is 10.2. The summed E-state index contributed by atoms with van der Waals surface area (Å²) >= 11 is 0. The minimum atomic E-state index is -3.34. The van der Waals surface area contributed by atoms with Crippen LogP contribution in [0.5, 0.6) is 0 Å². The number of hydrogen-bond acceptors (Lipinski definition) is 3. The maximum absolute atomic E-state index is 12.2. The Morgan fingerprint density at radius 2 is 1.53 bits per heavy atom. The van der Waals surface area contributed by atoms with Gasteiger partial charge in [0.15, 0.2) is 0 Å². The lowest BCUT2D eigenvalue weighted by Crippen LogP contribution is -2.33. The Balaban J connectivity index is 2.84. The van der Waals surface area contributed by atoms with Crippen LogP contribution in [0.1, 0.15) is 5.56 Å². The van der Waals surface area contributed by atoms with E-state index in [1.54, 1.807) is 19.2 Å². The number of rotatable bonds is 5. The second-order valence-corrected chi connectivity index (χ2v) is 6.49. The molecule has 96 valence electrons. The quantitative estimate of drug-likeness (QED) is 0.794. The van der Waals surface area contributed by atoms with Crippen molar-refractivity contribution in [1.82, 2.24) is 9.21 Å². The Morgan fingerprint density at radius 3 is 2.00 bits per heavy atom. The van der Waals surface area contributed by atoms with Crippen LogP contribution in [-0.4, -0.2) is 51.9 Å².